The molecule has 2 rings (SSSR count). The standard InChI is InChI=1S/C28H42O10/c29-9-13-32-12-8-27-26(2-1-3-28(27)38-23-21-36-19-17-34-15-11-31)24-4-6-25(7-5-24)37-22-20-35-18-16-33-14-10-30/h1-7,29-31H,8-23H2. The molecule has 0 aromatic heterocycles. The first-order chi connectivity index (χ1) is 18.8. The molecule has 2 aromatic carbocycles. The summed E-state index contributed by atoms with van der Waals surface area (Å²) < 4.78 is 38.6. The molecule has 0 aliphatic rings. The van der Waals surface area contributed by atoms with Crippen molar-refractivity contribution in [3.63, 3.8) is 0 Å². The SMILES string of the molecule is OCCOCCOCCOc1ccc(-c2cccc(OCCOCCOCCO)c2CCOCCO)cc1. The topological polar surface area (TPSA) is 125 Å². The van der Waals surface area contributed by atoms with Crippen molar-refractivity contribution in [2.45, 2.75) is 6.42 Å². The van der Waals surface area contributed by atoms with Crippen molar-refractivity contribution in [2.24, 2.45) is 0 Å². The maximum Gasteiger partial charge on any atom is 0.123 e. The van der Waals surface area contributed by atoms with E-state index in [-0.39, 0.29) is 26.4 Å². The fourth-order valence-electron chi connectivity index (χ4n) is 3.50. The lowest BCUT2D eigenvalue weighted by molar-refractivity contribution is 0.0246. The summed E-state index contributed by atoms with van der Waals surface area (Å²) in [5, 5.41) is 26.4. The Morgan fingerprint density at radius 1 is 0.474 bits per heavy atom. The van der Waals surface area contributed by atoms with Crippen LogP contribution in [0.3, 0.4) is 0 Å². The highest BCUT2D eigenvalue weighted by Crippen LogP contribution is 2.32. The minimum Gasteiger partial charge on any atom is -0.491 e. The van der Waals surface area contributed by atoms with E-state index in [0.717, 1.165) is 28.2 Å². The van der Waals surface area contributed by atoms with Gasteiger partial charge in [0.2, 0.25) is 0 Å². The summed E-state index contributed by atoms with van der Waals surface area (Å²) in [4.78, 5) is 0. The van der Waals surface area contributed by atoms with Gasteiger partial charge in [0.25, 0.3) is 0 Å². The molecule has 0 atom stereocenters. The van der Waals surface area contributed by atoms with Crippen LogP contribution >= 0.6 is 0 Å². The average Bonchev–Trinajstić information content (AvgIpc) is 2.94. The smallest absolute Gasteiger partial charge is 0.123 e. The number of aliphatic hydroxyl groups is 3. The second-order valence-electron chi connectivity index (χ2n) is 7.99. The van der Waals surface area contributed by atoms with Gasteiger partial charge in [-0.25, -0.2) is 0 Å². The summed E-state index contributed by atoms with van der Waals surface area (Å²) >= 11 is 0. The van der Waals surface area contributed by atoms with Crippen molar-refractivity contribution in [3.8, 4) is 22.6 Å². The van der Waals surface area contributed by atoms with Crippen LogP contribution in [0.25, 0.3) is 11.1 Å². The molecular formula is C28H42O10. The molecular weight excluding hydrogens is 496 g/mol. The largest absolute Gasteiger partial charge is 0.491 e. The molecule has 38 heavy (non-hydrogen) atoms. The first-order valence-electron chi connectivity index (χ1n) is 13.0. The van der Waals surface area contributed by atoms with Crippen LogP contribution in [-0.2, 0) is 30.1 Å². The van der Waals surface area contributed by atoms with Gasteiger partial charge in [-0.1, -0.05) is 24.3 Å². The van der Waals surface area contributed by atoms with Crippen molar-refractivity contribution < 1.29 is 48.5 Å². The Bertz CT molecular complexity index is 831. The number of aliphatic hydroxyl groups excluding tert-OH is 3. The third-order valence-corrected chi connectivity index (χ3v) is 5.23. The number of rotatable bonds is 24. The monoisotopic (exact) mass is 538 g/mol. The van der Waals surface area contributed by atoms with Crippen molar-refractivity contribution >= 4 is 0 Å². The van der Waals surface area contributed by atoms with Crippen LogP contribution in [0.1, 0.15) is 5.56 Å². The van der Waals surface area contributed by atoms with Crippen molar-refractivity contribution in [1.29, 1.82) is 0 Å². The van der Waals surface area contributed by atoms with Gasteiger partial charge in [0.05, 0.1) is 85.9 Å². The molecule has 0 aliphatic carbocycles. The van der Waals surface area contributed by atoms with Crippen LogP contribution in [0.5, 0.6) is 11.5 Å². The Labute approximate surface area is 225 Å². The van der Waals surface area contributed by atoms with Crippen LogP contribution in [0, 0.1) is 0 Å². The Morgan fingerprint density at radius 2 is 0.974 bits per heavy atom. The van der Waals surface area contributed by atoms with E-state index in [0.29, 0.717) is 79.1 Å². The quantitative estimate of drug-likeness (QED) is 0.170. The maximum absolute atomic E-state index is 9.03. The van der Waals surface area contributed by atoms with E-state index in [2.05, 4.69) is 0 Å². The summed E-state index contributed by atoms with van der Waals surface area (Å²) in [6.45, 7) is 4.78. The van der Waals surface area contributed by atoms with Crippen LogP contribution < -0.4 is 9.47 Å². The van der Waals surface area contributed by atoms with Crippen molar-refractivity contribution in [3.05, 3.63) is 48.0 Å². The summed E-state index contributed by atoms with van der Waals surface area (Å²) in [7, 11) is 0. The number of hydrogen-bond donors (Lipinski definition) is 3. The molecule has 2 aromatic rings. The molecule has 0 heterocycles. The van der Waals surface area contributed by atoms with Gasteiger partial charge in [-0.2, -0.15) is 0 Å². The van der Waals surface area contributed by atoms with E-state index >= 15 is 0 Å². The van der Waals surface area contributed by atoms with Gasteiger partial charge in [-0.3, -0.25) is 0 Å². The van der Waals surface area contributed by atoms with E-state index in [1.165, 1.54) is 0 Å². The Balaban J connectivity index is 1.91. The Morgan fingerprint density at radius 3 is 1.55 bits per heavy atom. The van der Waals surface area contributed by atoms with Crippen LogP contribution in [0.4, 0.5) is 0 Å². The molecule has 10 heteroatoms. The van der Waals surface area contributed by atoms with Gasteiger partial charge in [-0.15, -0.1) is 0 Å². The average molecular weight is 539 g/mol. The molecule has 0 bridgehead atoms. The van der Waals surface area contributed by atoms with Gasteiger partial charge < -0.3 is 48.5 Å². The van der Waals surface area contributed by atoms with Gasteiger partial charge in [0.15, 0.2) is 0 Å². The van der Waals surface area contributed by atoms with E-state index in [9.17, 15) is 0 Å². The molecule has 214 valence electrons. The minimum atomic E-state index is -0.0195. The molecule has 0 spiro atoms. The molecule has 0 amide bonds. The third-order valence-electron chi connectivity index (χ3n) is 5.23. The zero-order chi connectivity index (χ0) is 27.1. The highest BCUT2D eigenvalue weighted by Gasteiger charge is 2.12. The molecule has 0 radical (unpaired) electrons. The molecule has 0 fully saturated rings. The van der Waals surface area contributed by atoms with E-state index in [1.54, 1.807) is 0 Å². The van der Waals surface area contributed by atoms with Crippen LogP contribution in [0.2, 0.25) is 0 Å². The predicted molar refractivity (Wildman–Crippen MR) is 142 cm³/mol. The van der Waals surface area contributed by atoms with Crippen LogP contribution in [0.15, 0.2) is 42.5 Å². The number of benzene rings is 2. The van der Waals surface area contributed by atoms with Gasteiger partial charge >= 0.3 is 0 Å². The molecule has 0 saturated heterocycles. The Kier molecular flexibility index (Phi) is 18.2. The lowest BCUT2D eigenvalue weighted by atomic mass is 9.97. The molecule has 0 saturated carbocycles. The molecule has 3 N–H and O–H groups in total. The minimum absolute atomic E-state index is 0.00155. The zero-order valence-corrected chi connectivity index (χ0v) is 22.1. The van der Waals surface area contributed by atoms with Gasteiger partial charge in [0.1, 0.15) is 24.7 Å². The molecule has 0 unspecified atom stereocenters. The zero-order valence-electron chi connectivity index (χ0n) is 22.1. The molecule has 10 nitrogen and oxygen atoms in total. The summed E-state index contributed by atoms with van der Waals surface area (Å²) in [5.41, 5.74) is 3.07. The van der Waals surface area contributed by atoms with Crippen molar-refractivity contribution in [2.75, 3.05) is 99.1 Å². The molecule has 0 aliphatic heterocycles. The first-order valence-corrected chi connectivity index (χ1v) is 13.0. The summed E-state index contributed by atoms with van der Waals surface area (Å²) in [6.07, 6.45) is 0.624. The fraction of sp³-hybridized carbons (Fsp3) is 0.571. The lowest BCUT2D eigenvalue weighted by Crippen LogP contribution is -2.13. The van der Waals surface area contributed by atoms with Crippen LogP contribution in [-0.4, -0.2) is 114 Å². The van der Waals surface area contributed by atoms with E-state index in [1.807, 2.05) is 42.5 Å². The third kappa shape index (κ3) is 13.5. The predicted octanol–water partition coefficient (Wildman–Crippen LogP) is 1.71. The van der Waals surface area contributed by atoms with Crippen molar-refractivity contribution in [1.82, 2.24) is 0 Å². The van der Waals surface area contributed by atoms with Gasteiger partial charge in [0, 0.05) is 12.0 Å². The number of ether oxygens (including phenoxy) is 7. The number of hydrogen-bond acceptors (Lipinski definition) is 10. The lowest BCUT2D eigenvalue weighted by Gasteiger charge is -2.17. The first kappa shape index (κ1) is 31.9. The fourth-order valence-corrected chi connectivity index (χ4v) is 3.50. The van der Waals surface area contributed by atoms with Gasteiger partial charge in [-0.05, 0) is 29.3 Å². The second-order valence-corrected chi connectivity index (χ2v) is 7.99. The summed E-state index contributed by atoms with van der Waals surface area (Å²) in [5.74, 6) is 1.50. The normalized spacial score (nSPS) is 11.1. The van der Waals surface area contributed by atoms with E-state index in [4.69, 9.17) is 48.5 Å². The maximum atomic E-state index is 9.03. The van der Waals surface area contributed by atoms with E-state index < -0.39 is 0 Å². The Hall–Kier alpha value is -2.28. The highest BCUT2D eigenvalue weighted by molar-refractivity contribution is 5.70. The second kappa shape index (κ2) is 21.6. The highest BCUT2D eigenvalue weighted by atomic mass is 16.6. The summed E-state index contributed by atoms with van der Waals surface area (Å²) in [6, 6.07) is 13.8.